The minimum atomic E-state index is -1.83. The predicted molar refractivity (Wildman–Crippen MR) is 25.5 cm³/mol. The zero-order valence-electron chi connectivity index (χ0n) is 3.97. The fraction of sp³-hybridized carbons (Fsp3) is 0.250. The zero-order chi connectivity index (χ0) is 6.99. The molecule has 4 heteroatoms. The van der Waals surface area contributed by atoms with Crippen molar-refractivity contribution in [2.24, 2.45) is 0 Å². The number of terminal acetylenes is 1. The van der Waals surface area contributed by atoms with Crippen molar-refractivity contribution >= 4 is 6.16 Å². The molecule has 0 bridgehead atoms. The summed E-state index contributed by atoms with van der Waals surface area (Å²) in [5, 5.41) is 13.9. The third kappa shape index (κ3) is 1170. The second kappa shape index (κ2) is 9.23. The molecule has 0 unspecified atom stereocenters. The van der Waals surface area contributed by atoms with Gasteiger partial charge >= 0.3 is 6.16 Å². The highest BCUT2D eigenvalue weighted by Crippen LogP contribution is 1.50. The van der Waals surface area contributed by atoms with Crippen molar-refractivity contribution in [2.75, 3.05) is 6.67 Å². The van der Waals surface area contributed by atoms with Gasteiger partial charge in [0.15, 0.2) is 0 Å². The number of carbonyl (C=O) groups is 1. The van der Waals surface area contributed by atoms with Gasteiger partial charge in [-0.15, -0.1) is 6.42 Å². The van der Waals surface area contributed by atoms with E-state index >= 15 is 0 Å². The topological polar surface area (TPSA) is 57.5 Å². The molecule has 0 aromatic carbocycles. The van der Waals surface area contributed by atoms with Gasteiger partial charge in [-0.2, -0.15) is 0 Å². The Morgan fingerprint density at radius 2 is 1.88 bits per heavy atom. The van der Waals surface area contributed by atoms with Crippen LogP contribution in [0.25, 0.3) is 0 Å². The predicted octanol–water partition coefficient (Wildman–Crippen LogP) is 0.812. The number of hydrogen-bond acceptors (Lipinski definition) is 1. The lowest BCUT2D eigenvalue weighted by Crippen LogP contribution is -1.81. The van der Waals surface area contributed by atoms with E-state index < -0.39 is 12.8 Å². The highest BCUT2D eigenvalue weighted by atomic mass is 19.1. The summed E-state index contributed by atoms with van der Waals surface area (Å²) in [5.74, 6) is 1.76. The van der Waals surface area contributed by atoms with E-state index in [2.05, 4.69) is 6.42 Å². The van der Waals surface area contributed by atoms with E-state index in [1.165, 1.54) is 0 Å². The van der Waals surface area contributed by atoms with Crippen molar-refractivity contribution in [3.8, 4) is 12.3 Å². The molecule has 0 atom stereocenters. The molecule has 0 aromatic heterocycles. The average molecular weight is 120 g/mol. The van der Waals surface area contributed by atoms with E-state index in [-0.39, 0.29) is 0 Å². The fourth-order valence-electron chi connectivity index (χ4n) is 0. The first-order valence-corrected chi connectivity index (χ1v) is 1.56. The van der Waals surface area contributed by atoms with E-state index in [9.17, 15) is 4.39 Å². The van der Waals surface area contributed by atoms with Crippen LogP contribution in [0.5, 0.6) is 0 Å². The summed E-state index contributed by atoms with van der Waals surface area (Å²) in [6, 6.07) is 0. The quantitative estimate of drug-likeness (QED) is 0.465. The molecule has 0 radical (unpaired) electrons. The molecule has 8 heavy (non-hydrogen) atoms. The van der Waals surface area contributed by atoms with Gasteiger partial charge in [-0.1, -0.05) is 5.92 Å². The van der Waals surface area contributed by atoms with Gasteiger partial charge < -0.3 is 10.2 Å². The first-order valence-electron chi connectivity index (χ1n) is 1.56. The maximum absolute atomic E-state index is 10.5. The Morgan fingerprint density at radius 3 is 1.88 bits per heavy atom. The van der Waals surface area contributed by atoms with Crippen molar-refractivity contribution in [2.45, 2.75) is 0 Å². The second-order valence-corrected chi connectivity index (χ2v) is 0.620. The molecule has 46 valence electrons. The van der Waals surface area contributed by atoms with Crippen molar-refractivity contribution in [3.05, 3.63) is 0 Å². The normalized spacial score (nSPS) is 5.50. The van der Waals surface area contributed by atoms with Crippen LogP contribution < -0.4 is 0 Å². The van der Waals surface area contributed by atoms with Crippen LogP contribution in [0.15, 0.2) is 0 Å². The highest BCUT2D eigenvalue weighted by molar-refractivity contribution is 5.53. The molecule has 0 saturated carbocycles. The Bertz CT molecular complexity index is 89.9. The minimum Gasteiger partial charge on any atom is -0.450 e. The van der Waals surface area contributed by atoms with Gasteiger partial charge in [0.1, 0.15) is 6.67 Å². The summed E-state index contributed by atoms with van der Waals surface area (Å²) in [5.41, 5.74) is 0. The molecule has 0 rings (SSSR count). The third-order valence-corrected chi connectivity index (χ3v) is 0.0772. The Balaban J connectivity index is 0. The van der Waals surface area contributed by atoms with Crippen LogP contribution in [0.2, 0.25) is 0 Å². The van der Waals surface area contributed by atoms with E-state index in [1.54, 1.807) is 5.92 Å². The molecule has 0 aliphatic rings. The number of rotatable bonds is 0. The van der Waals surface area contributed by atoms with Crippen LogP contribution in [0.1, 0.15) is 0 Å². The maximum Gasteiger partial charge on any atom is 0.503 e. The molecule has 2 N–H and O–H groups in total. The van der Waals surface area contributed by atoms with E-state index in [0.29, 0.717) is 0 Å². The van der Waals surface area contributed by atoms with Crippen molar-refractivity contribution in [1.29, 1.82) is 0 Å². The van der Waals surface area contributed by atoms with Crippen LogP contribution in [-0.4, -0.2) is 23.0 Å². The van der Waals surface area contributed by atoms with Crippen LogP contribution in [0.3, 0.4) is 0 Å². The molecular weight excluding hydrogens is 115 g/mol. The Kier molecular flexibility index (Phi) is 11.4. The van der Waals surface area contributed by atoms with Gasteiger partial charge in [-0.25, -0.2) is 9.18 Å². The maximum atomic E-state index is 10.5. The van der Waals surface area contributed by atoms with Crippen LogP contribution in [0, 0.1) is 12.3 Å². The first kappa shape index (κ1) is 9.90. The van der Waals surface area contributed by atoms with Crippen molar-refractivity contribution in [3.63, 3.8) is 0 Å². The van der Waals surface area contributed by atoms with Gasteiger partial charge in [0.2, 0.25) is 0 Å². The molecule has 0 aliphatic carbocycles. The smallest absolute Gasteiger partial charge is 0.450 e. The molecule has 0 saturated heterocycles. The third-order valence-electron chi connectivity index (χ3n) is 0.0772. The molecule has 0 spiro atoms. The average Bonchev–Trinajstić information content (AvgIpc) is 1.65. The summed E-state index contributed by atoms with van der Waals surface area (Å²) < 4.78 is 10.5. The van der Waals surface area contributed by atoms with Gasteiger partial charge in [0.25, 0.3) is 0 Å². The lowest BCUT2D eigenvalue weighted by atomic mass is 10.8. The lowest BCUT2D eigenvalue weighted by Gasteiger charge is -1.60. The SMILES string of the molecule is C#CCF.O=C(O)O. The van der Waals surface area contributed by atoms with Crippen LogP contribution in [0.4, 0.5) is 9.18 Å². The Morgan fingerprint density at radius 1 is 1.75 bits per heavy atom. The molecule has 0 fully saturated rings. The fourth-order valence-corrected chi connectivity index (χ4v) is 0. The van der Waals surface area contributed by atoms with E-state index in [4.69, 9.17) is 15.0 Å². The molecule has 0 aliphatic heterocycles. The molecule has 0 amide bonds. The standard InChI is InChI=1S/C3H3F.CH2O3/c1-2-3-4;2-1(3)4/h1H,3H2;(H2,2,3,4). The number of carboxylic acid groups (broad SMARTS) is 2. The summed E-state index contributed by atoms with van der Waals surface area (Å²) in [7, 11) is 0. The van der Waals surface area contributed by atoms with Gasteiger partial charge in [-0.3, -0.25) is 0 Å². The summed E-state index contributed by atoms with van der Waals surface area (Å²) in [4.78, 5) is 8.56. The Hall–Kier alpha value is -1.24. The van der Waals surface area contributed by atoms with E-state index in [1.807, 2.05) is 0 Å². The van der Waals surface area contributed by atoms with Crippen molar-refractivity contribution < 1.29 is 19.4 Å². The van der Waals surface area contributed by atoms with Crippen LogP contribution in [-0.2, 0) is 0 Å². The molecular formula is C4H5FO3. The molecule has 0 heterocycles. The largest absolute Gasteiger partial charge is 0.503 e. The van der Waals surface area contributed by atoms with Crippen LogP contribution >= 0.6 is 0 Å². The minimum absolute atomic E-state index is 0.653. The first-order chi connectivity index (χ1) is 3.65. The zero-order valence-corrected chi connectivity index (χ0v) is 3.97. The highest BCUT2D eigenvalue weighted by Gasteiger charge is 1.70. The van der Waals surface area contributed by atoms with Gasteiger partial charge in [0, 0.05) is 0 Å². The molecule has 0 aromatic rings. The summed E-state index contributed by atoms with van der Waals surface area (Å²) >= 11 is 0. The van der Waals surface area contributed by atoms with E-state index in [0.717, 1.165) is 0 Å². The second-order valence-electron chi connectivity index (χ2n) is 0.620. The van der Waals surface area contributed by atoms with Crippen molar-refractivity contribution in [1.82, 2.24) is 0 Å². The number of alkyl halides is 1. The lowest BCUT2D eigenvalue weighted by molar-refractivity contribution is 0.137. The summed E-state index contributed by atoms with van der Waals surface area (Å²) in [6.45, 7) is -0.653. The summed E-state index contributed by atoms with van der Waals surface area (Å²) in [6.07, 6.45) is 2.57. The monoisotopic (exact) mass is 120 g/mol. The number of halogens is 1. The van der Waals surface area contributed by atoms with Gasteiger partial charge in [0.05, 0.1) is 0 Å². The Labute approximate surface area is 45.8 Å². The number of hydrogen-bond donors (Lipinski definition) is 2. The molecule has 3 nitrogen and oxygen atoms in total. The van der Waals surface area contributed by atoms with Gasteiger partial charge in [-0.05, 0) is 0 Å².